The van der Waals surface area contributed by atoms with Gasteiger partial charge in [0.25, 0.3) is 6.29 Å². The lowest BCUT2D eigenvalue weighted by Gasteiger charge is -2.67. The van der Waals surface area contributed by atoms with Crippen molar-refractivity contribution in [2.45, 2.75) is 124 Å². The van der Waals surface area contributed by atoms with Crippen LogP contribution in [0.25, 0.3) is 0 Å². The van der Waals surface area contributed by atoms with Gasteiger partial charge < -0.3 is 38.3 Å². The van der Waals surface area contributed by atoms with E-state index in [4.69, 9.17) is 33.2 Å². The Labute approximate surface area is 302 Å². The van der Waals surface area contributed by atoms with Crippen LogP contribution in [0.4, 0.5) is 0 Å². The summed E-state index contributed by atoms with van der Waals surface area (Å²) in [4.78, 5) is 79.1. The maximum Gasteiger partial charge on any atom is 0.341 e. The van der Waals surface area contributed by atoms with Gasteiger partial charge in [-0.2, -0.15) is 0 Å². The van der Waals surface area contributed by atoms with Gasteiger partial charge in [0.05, 0.1) is 30.4 Å². The zero-order valence-electron chi connectivity index (χ0n) is 31.4. The van der Waals surface area contributed by atoms with E-state index in [1.165, 1.54) is 26.2 Å². The molecule has 0 aromatic heterocycles. The van der Waals surface area contributed by atoms with Crippen LogP contribution in [-0.2, 0) is 61.9 Å². The maximum atomic E-state index is 13.7. The van der Waals surface area contributed by atoms with Crippen molar-refractivity contribution in [1.82, 2.24) is 0 Å². The average Bonchev–Trinajstić information content (AvgIpc) is 3.62. The van der Waals surface area contributed by atoms with Crippen LogP contribution in [0.2, 0.25) is 0 Å². The van der Waals surface area contributed by atoms with Gasteiger partial charge in [-0.05, 0) is 30.8 Å². The molecule has 286 valence electrons. The van der Waals surface area contributed by atoms with Gasteiger partial charge in [-0.3, -0.25) is 19.2 Å². The second-order valence-corrected chi connectivity index (χ2v) is 16.6. The van der Waals surface area contributed by atoms with Gasteiger partial charge in [0.1, 0.15) is 23.9 Å². The fraction of sp³-hybridized carbons (Fsp3) is 0.737. The molecular formula is C38H50O14. The molecule has 6 rings (SSSR count). The lowest BCUT2D eigenvalue weighted by atomic mass is 9.37. The third-order valence-corrected chi connectivity index (χ3v) is 13.2. The molecule has 2 saturated heterocycles. The number of ether oxygens (including phenoxy) is 7. The summed E-state index contributed by atoms with van der Waals surface area (Å²) in [6.45, 7) is 15.5. The van der Waals surface area contributed by atoms with Crippen molar-refractivity contribution >= 4 is 35.8 Å². The summed E-state index contributed by atoms with van der Waals surface area (Å²) < 4.78 is 41.2. The van der Waals surface area contributed by atoms with Crippen LogP contribution < -0.4 is 0 Å². The third kappa shape index (κ3) is 5.02. The highest BCUT2D eigenvalue weighted by atomic mass is 16.7. The summed E-state index contributed by atoms with van der Waals surface area (Å²) in [6.07, 6.45) is -1.48. The van der Waals surface area contributed by atoms with Crippen molar-refractivity contribution in [2.24, 2.45) is 45.8 Å². The molecule has 0 aromatic rings. The lowest BCUT2D eigenvalue weighted by Crippen LogP contribution is -2.76. The van der Waals surface area contributed by atoms with Gasteiger partial charge >= 0.3 is 35.8 Å². The van der Waals surface area contributed by atoms with Gasteiger partial charge in [-0.15, -0.1) is 0 Å². The summed E-state index contributed by atoms with van der Waals surface area (Å²) >= 11 is 0. The molecule has 52 heavy (non-hydrogen) atoms. The predicted octanol–water partition coefficient (Wildman–Crippen LogP) is 3.47. The minimum Gasteiger partial charge on any atom is -0.469 e. The number of hydrogen-bond acceptors (Lipinski definition) is 14. The Kier molecular flexibility index (Phi) is 9.05. The van der Waals surface area contributed by atoms with Gasteiger partial charge in [-0.1, -0.05) is 55.4 Å². The van der Waals surface area contributed by atoms with E-state index in [0.29, 0.717) is 24.8 Å². The summed E-state index contributed by atoms with van der Waals surface area (Å²) in [5, 5.41) is 13.2. The van der Waals surface area contributed by atoms with E-state index < -0.39 is 118 Å². The van der Waals surface area contributed by atoms with Crippen molar-refractivity contribution in [3.8, 4) is 0 Å². The monoisotopic (exact) mass is 730 g/mol. The first-order valence-corrected chi connectivity index (χ1v) is 18.1. The number of aliphatic hydroxyl groups is 1. The molecular weight excluding hydrogens is 680 g/mol. The average molecular weight is 731 g/mol. The molecule has 4 heterocycles. The number of cyclic esters (lactones) is 2. The zero-order chi connectivity index (χ0) is 38.5. The smallest absolute Gasteiger partial charge is 0.341 e. The van der Waals surface area contributed by atoms with Crippen LogP contribution in [0.1, 0.15) is 88.0 Å². The minimum atomic E-state index is -2.15. The molecule has 0 amide bonds. The van der Waals surface area contributed by atoms with Crippen molar-refractivity contribution in [2.75, 3.05) is 7.11 Å². The van der Waals surface area contributed by atoms with Crippen LogP contribution in [0.15, 0.2) is 23.3 Å². The Hall–Kier alpha value is -3.78. The van der Waals surface area contributed by atoms with Crippen LogP contribution in [0, 0.1) is 45.8 Å². The van der Waals surface area contributed by atoms with Crippen LogP contribution in [0.3, 0.4) is 0 Å². The predicted molar refractivity (Wildman–Crippen MR) is 177 cm³/mol. The second-order valence-electron chi connectivity index (χ2n) is 16.6. The summed E-state index contributed by atoms with van der Waals surface area (Å²) in [7, 11) is 1.28. The van der Waals surface area contributed by atoms with E-state index in [2.05, 4.69) is 0 Å². The molecule has 4 fully saturated rings. The molecule has 0 aromatic carbocycles. The molecule has 1 N–H and O–H groups in total. The largest absolute Gasteiger partial charge is 0.469 e. The fourth-order valence-corrected chi connectivity index (χ4v) is 10.5. The highest BCUT2D eigenvalue weighted by molar-refractivity contribution is 5.95. The van der Waals surface area contributed by atoms with E-state index in [1.807, 2.05) is 27.7 Å². The van der Waals surface area contributed by atoms with E-state index in [9.17, 15) is 33.9 Å². The summed E-state index contributed by atoms with van der Waals surface area (Å²) in [6, 6.07) is 0. The number of rotatable bonds is 9. The van der Waals surface area contributed by atoms with Crippen LogP contribution >= 0.6 is 0 Å². The molecule has 6 aliphatic rings. The first kappa shape index (κ1) is 38.0. The molecule has 2 unspecified atom stereocenters. The highest BCUT2D eigenvalue weighted by Crippen LogP contribution is 2.80. The number of hydrogen-bond donors (Lipinski definition) is 1. The molecule has 2 saturated carbocycles. The fourth-order valence-electron chi connectivity index (χ4n) is 10.5. The van der Waals surface area contributed by atoms with Gasteiger partial charge in [0.15, 0.2) is 5.79 Å². The number of esters is 6. The van der Waals surface area contributed by atoms with Crippen molar-refractivity contribution < 1.29 is 67.0 Å². The van der Waals surface area contributed by atoms with Gasteiger partial charge in [-0.25, -0.2) is 9.59 Å². The van der Waals surface area contributed by atoms with E-state index in [1.54, 1.807) is 27.7 Å². The first-order valence-electron chi connectivity index (χ1n) is 18.1. The van der Waals surface area contributed by atoms with Gasteiger partial charge in [0.2, 0.25) is 0 Å². The quantitative estimate of drug-likeness (QED) is 0.268. The SMILES string of the molecule is CCC(C)C(=O)O[C@@H]1C2[C@@H](OC(=O)C(C)C)[C@]34O[C@]2(O)[C@@](C)([C@@H](CC(=O)OC)C1(C)C)[C@H]3CC[C@]1(C)C4=CC(=O)O[C@H]1C1=C[C@@H](OC(C)=O)OC1=O. The lowest BCUT2D eigenvalue weighted by molar-refractivity contribution is -0.326. The number of fused-ring (bicyclic) bond motifs is 2. The van der Waals surface area contributed by atoms with Crippen molar-refractivity contribution in [1.29, 1.82) is 0 Å². The van der Waals surface area contributed by atoms with Crippen LogP contribution in [-0.4, -0.2) is 84.0 Å². The van der Waals surface area contributed by atoms with Crippen molar-refractivity contribution in [3.63, 3.8) is 0 Å². The topological polar surface area (TPSA) is 187 Å². The Morgan fingerprint density at radius 1 is 0.981 bits per heavy atom. The molecule has 2 bridgehead atoms. The molecule has 14 nitrogen and oxygen atoms in total. The number of methoxy groups -OCH3 is 1. The minimum absolute atomic E-state index is 0.0407. The molecule has 14 heteroatoms. The van der Waals surface area contributed by atoms with E-state index >= 15 is 0 Å². The van der Waals surface area contributed by atoms with Crippen LogP contribution in [0.5, 0.6) is 0 Å². The second kappa shape index (κ2) is 12.4. The zero-order valence-corrected chi connectivity index (χ0v) is 31.4. The molecule has 2 aliphatic carbocycles. The van der Waals surface area contributed by atoms with E-state index in [0.717, 1.165) is 0 Å². The normalized spacial score (nSPS) is 41.4. The molecule has 12 atom stereocenters. The number of carbonyl (C=O) groups is 6. The molecule has 1 spiro atoms. The Morgan fingerprint density at radius 3 is 2.23 bits per heavy atom. The number of carbonyl (C=O) groups excluding carboxylic acids is 6. The first-order chi connectivity index (χ1) is 24.1. The molecule has 4 aliphatic heterocycles. The summed E-state index contributed by atoms with van der Waals surface area (Å²) in [5.74, 6) is -9.81. The van der Waals surface area contributed by atoms with Crippen molar-refractivity contribution in [3.05, 3.63) is 23.3 Å². The highest BCUT2D eigenvalue weighted by Gasteiger charge is 2.90. The third-order valence-electron chi connectivity index (χ3n) is 13.2. The Balaban J connectivity index is 1.59. The van der Waals surface area contributed by atoms with E-state index in [-0.39, 0.29) is 12.0 Å². The standard InChI is InChI=1S/C38H50O14/c1-11-18(4)32(43)50-29-27-30(51-31(42)17(2)3)37-21(36(9,38(27,45)52-37)22(34(29,6)7)15-24(40)46-10)12-13-35(8)23(37)16-25(41)48-28(35)20-14-26(47-19(5)39)49-33(20)44/h14,16-18,21-22,26-30,45H,11-13,15H2,1-10H3/t18?,21-,22+,26+,27?,28+,29-,30-,35-,36-,37+,38+/m1/s1. The molecule has 0 radical (unpaired) electrons. The Bertz CT molecular complexity index is 1660. The summed E-state index contributed by atoms with van der Waals surface area (Å²) in [5.41, 5.74) is -4.86. The maximum absolute atomic E-state index is 13.7. The van der Waals surface area contributed by atoms with Gasteiger partial charge in [0, 0.05) is 47.7 Å². The Morgan fingerprint density at radius 2 is 1.63 bits per heavy atom.